The van der Waals surface area contributed by atoms with Crippen LogP contribution in [0.25, 0.3) is 0 Å². The molecule has 0 bridgehead atoms. The zero-order valence-electron chi connectivity index (χ0n) is 9.70. The van der Waals surface area contributed by atoms with Gasteiger partial charge in [-0.2, -0.15) is 5.10 Å². The van der Waals surface area contributed by atoms with Crippen LogP contribution in [-0.4, -0.2) is 25.6 Å². The quantitative estimate of drug-likeness (QED) is 0.523. The molecule has 0 saturated heterocycles. The molecule has 0 aliphatic carbocycles. The maximum absolute atomic E-state index is 12.0. The number of hydrogen-bond acceptors (Lipinski definition) is 5. The number of anilines is 1. The van der Waals surface area contributed by atoms with E-state index >= 15 is 0 Å². The van der Waals surface area contributed by atoms with Gasteiger partial charge in [0, 0.05) is 19.2 Å². The Balaban J connectivity index is 2.31. The molecule has 0 unspecified atom stereocenters. The molecular weight excluding hydrogens is 274 g/mol. The van der Waals surface area contributed by atoms with Crippen LogP contribution in [0.2, 0.25) is 5.15 Å². The van der Waals surface area contributed by atoms with Crippen molar-refractivity contribution in [2.45, 2.75) is 0 Å². The maximum Gasteiger partial charge on any atom is 0.288 e. The number of aromatic nitrogens is 3. The summed E-state index contributed by atoms with van der Waals surface area (Å²) in [4.78, 5) is 25.6. The minimum absolute atomic E-state index is 0.0722. The summed E-state index contributed by atoms with van der Waals surface area (Å²) >= 11 is 5.76. The second kappa shape index (κ2) is 5.02. The minimum Gasteiger partial charge on any atom is -0.307 e. The fourth-order valence-corrected chi connectivity index (χ4v) is 1.57. The van der Waals surface area contributed by atoms with Crippen LogP contribution < -0.4 is 5.32 Å². The molecule has 1 amide bonds. The zero-order valence-corrected chi connectivity index (χ0v) is 10.5. The van der Waals surface area contributed by atoms with Crippen LogP contribution in [0.1, 0.15) is 10.4 Å². The Morgan fingerprint density at radius 1 is 1.58 bits per heavy atom. The SMILES string of the molecule is Cn1nccc1NC(=O)c1cc([N+](=O)[O-])cnc1Cl. The first kappa shape index (κ1) is 13.0. The molecule has 0 aliphatic heterocycles. The van der Waals surface area contributed by atoms with Gasteiger partial charge in [0.25, 0.3) is 11.6 Å². The van der Waals surface area contributed by atoms with Crippen molar-refractivity contribution in [1.82, 2.24) is 14.8 Å². The van der Waals surface area contributed by atoms with Crippen LogP contribution in [0.4, 0.5) is 11.5 Å². The lowest BCUT2D eigenvalue weighted by Gasteiger charge is -2.06. The predicted octanol–water partition coefficient (Wildman–Crippen LogP) is 1.63. The van der Waals surface area contributed by atoms with Gasteiger partial charge in [-0.25, -0.2) is 4.98 Å². The molecule has 2 aromatic heterocycles. The Morgan fingerprint density at radius 2 is 2.32 bits per heavy atom. The van der Waals surface area contributed by atoms with Gasteiger partial charge in [-0.05, 0) is 0 Å². The largest absolute Gasteiger partial charge is 0.307 e. The average molecular weight is 282 g/mol. The van der Waals surface area contributed by atoms with E-state index in [-0.39, 0.29) is 16.4 Å². The second-order valence-corrected chi connectivity index (χ2v) is 3.94. The smallest absolute Gasteiger partial charge is 0.288 e. The lowest BCUT2D eigenvalue weighted by atomic mass is 10.2. The molecule has 0 aliphatic rings. The van der Waals surface area contributed by atoms with Crippen molar-refractivity contribution < 1.29 is 9.72 Å². The van der Waals surface area contributed by atoms with E-state index < -0.39 is 10.8 Å². The summed E-state index contributed by atoms with van der Waals surface area (Å²) in [6.07, 6.45) is 2.49. The van der Waals surface area contributed by atoms with Gasteiger partial charge in [0.2, 0.25) is 0 Å². The molecule has 98 valence electrons. The summed E-state index contributed by atoms with van der Waals surface area (Å²) < 4.78 is 1.44. The number of rotatable bonds is 3. The highest BCUT2D eigenvalue weighted by molar-refractivity contribution is 6.33. The van der Waals surface area contributed by atoms with Crippen LogP contribution in [0.5, 0.6) is 0 Å². The minimum atomic E-state index is -0.649. The lowest BCUT2D eigenvalue weighted by Crippen LogP contribution is -2.15. The number of hydrogen-bond donors (Lipinski definition) is 1. The third-order valence-corrected chi connectivity index (χ3v) is 2.64. The Bertz CT molecular complexity index is 654. The van der Waals surface area contributed by atoms with E-state index in [2.05, 4.69) is 15.4 Å². The average Bonchev–Trinajstić information content (AvgIpc) is 2.75. The van der Waals surface area contributed by atoms with Gasteiger partial charge in [0.05, 0.1) is 16.7 Å². The van der Waals surface area contributed by atoms with Crippen molar-refractivity contribution in [2.75, 3.05) is 5.32 Å². The number of nitro groups is 1. The zero-order chi connectivity index (χ0) is 14.0. The molecule has 8 nitrogen and oxygen atoms in total. The number of halogens is 1. The van der Waals surface area contributed by atoms with Crippen LogP contribution in [0.15, 0.2) is 24.5 Å². The summed E-state index contributed by atoms with van der Waals surface area (Å²) in [6.45, 7) is 0. The number of carbonyl (C=O) groups excluding carboxylic acids is 1. The number of carbonyl (C=O) groups is 1. The Kier molecular flexibility index (Phi) is 3.43. The van der Waals surface area contributed by atoms with Crippen molar-refractivity contribution in [3.8, 4) is 0 Å². The highest BCUT2D eigenvalue weighted by atomic mass is 35.5. The van der Waals surface area contributed by atoms with E-state index in [0.717, 1.165) is 12.3 Å². The first-order valence-electron chi connectivity index (χ1n) is 5.08. The topological polar surface area (TPSA) is 103 Å². The van der Waals surface area contributed by atoms with Gasteiger partial charge >= 0.3 is 0 Å². The van der Waals surface area contributed by atoms with Crippen molar-refractivity contribution in [2.24, 2.45) is 7.05 Å². The summed E-state index contributed by atoms with van der Waals surface area (Å²) in [6, 6.07) is 2.65. The fourth-order valence-electron chi connectivity index (χ4n) is 1.38. The number of nitrogens with zero attached hydrogens (tertiary/aromatic N) is 4. The molecule has 2 heterocycles. The highest BCUT2D eigenvalue weighted by Crippen LogP contribution is 2.20. The first-order chi connectivity index (χ1) is 8.99. The molecule has 1 N–H and O–H groups in total. The molecule has 0 spiro atoms. The molecule has 0 saturated carbocycles. The van der Waals surface area contributed by atoms with Crippen molar-refractivity contribution in [1.29, 1.82) is 0 Å². The van der Waals surface area contributed by atoms with E-state index in [1.165, 1.54) is 10.9 Å². The molecule has 0 radical (unpaired) electrons. The van der Waals surface area contributed by atoms with Gasteiger partial charge in [0.15, 0.2) is 0 Å². The third-order valence-electron chi connectivity index (χ3n) is 2.34. The van der Waals surface area contributed by atoms with E-state index in [1.54, 1.807) is 13.1 Å². The second-order valence-electron chi connectivity index (χ2n) is 3.58. The molecule has 9 heteroatoms. The Morgan fingerprint density at radius 3 is 2.89 bits per heavy atom. The van der Waals surface area contributed by atoms with Gasteiger partial charge in [-0.3, -0.25) is 19.6 Å². The number of aryl methyl sites for hydroxylation is 1. The number of pyridine rings is 1. The standard InChI is InChI=1S/C10H8ClN5O3/c1-15-8(2-3-13-15)14-10(17)7-4-6(16(18)19)5-12-9(7)11/h2-5H,1H3,(H,14,17). The Labute approximate surface area is 112 Å². The maximum atomic E-state index is 12.0. The molecule has 2 aromatic rings. The highest BCUT2D eigenvalue weighted by Gasteiger charge is 2.17. The third kappa shape index (κ3) is 2.68. The van der Waals surface area contributed by atoms with Crippen LogP contribution in [-0.2, 0) is 7.05 Å². The molecule has 0 fully saturated rings. The summed E-state index contributed by atoms with van der Waals surface area (Å²) in [5, 5.41) is 16.9. The van der Waals surface area contributed by atoms with Crippen molar-refractivity contribution >= 4 is 29.0 Å². The van der Waals surface area contributed by atoms with Gasteiger partial charge in [0.1, 0.15) is 17.2 Å². The van der Waals surface area contributed by atoms with E-state index in [9.17, 15) is 14.9 Å². The van der Waals surface area contributed by atoms with Crippen LogP contribution >= 0.6 is 11.6 Å². The summed E-state index contributed by atoms with van der Waals surface area (Å²) in [5.41, 5.74) is -0.378. The van der Waals surface area contributed by atoms with Crippen LogP contribution in [0.3, 0.4) is 0 Å². The summed E-state index contributed by atoms with van der Waals surface area (Å²) in [5.74, 6) is -0.155. The Hall–Kier alpha value is -2.48. The van der Waals surface area contributed by atoms with Crippen molar-refractivity contribution in [3.05, 3.63) is 45.4 Å². The molecule has 2 rings (SSSR count). The van der Waals surface area contributed by atoms with Gasteiger partial charge < -0.3 is 5.32 Å². The van der Waals surface area contributed by atoms with Gasteiger partial charge in [-0.15, -0.1) is 0 Å². The van der Waals surface area contributed by atoms with E-state index in [4.69, 9.17) is 11.6 Å². The van der Waals surface area contributed by atoms with E-state index in [1.807, 2.05) is 0 Å². The van der Waals surface area contributed by atoms with E-state index in [0.29, 0.717) is 5.82 Å². The molecule has 0 aromatic carbocycles. The predicted molar refractivity (Wildman–Crippen MR) is 67.1 cm³/mol. The number of amides is 1. The monoisotopic (exact) mass is 281 g/mol. The lowest BCUT2D eigenvalue weighted by molar-refractivity contribution is -0.385. The number of nitrogens with one attached hydrogen (secondary N) is 1. The van der Waals surface area contributed by atoms with Gasteiger partial charge in [-0.1, -0.05) is 11.6 Å². The first-order valence-corrected chi connectivity index (χ1v) is 5.46. The molecular formula is C10H8ClN5O3. The van der Waals surface area contributed by atoms with Crippen molar-refractivity contribution in [3.63, 3.8) is 0 Å². The molecule has 19 heavy (non-hydrogen) atoms. The van der Waals surface area contributed by atoms with Crippen LogP contribution in [0, 0.1) is 10.1 Å². The summed E-state index contributed by atoms with van der Waals surface area (Å²) in [7, 11) is 1.64. The normalized spacial score (nSPS) is 10.2. The fraction of sp³-hybridized carbons (Fsp3) is 0.100. The molecule has 0 atom stereocenters.